The molecule has 0 rings (SSSR count). The molecular formula is C6H15N3. The van der Waals surface area contributed by atoms with Gasteiger partial charge >= 0.3 is 0 Å². The van der Waals surface area contributed by atoms with Crippen LogP contribution in [-0.2, 0) is 0 Å². The second-order valence-electron chi connectivity index (χ2n) is 1.86. The van der Waals surface area contributed by atoms with Gasteiger partial charge in [0.1, 0.15) is 0 Å². The van der Waals surface area contributed by atoms with Crippen LogP contribution in [0.5, 0.6) is 0 Å². The zero-order valence-electron chi connectivity index (χ0n) is 6.07. The van der Waals surface area contributed by atoms with Crippen molar-refractivity contribution < 1.29 is 0 Å². The van der Waals surface area contributed by atoms with Crippen LogP contribution in [0.15, 0.2) is 11.4 Å². The molecule has 0 aromatic carbocycles. The number of nitrogens with two attached hydrogens (primary N) is 2. The first-order valence-electron chi connectivity index (χ1n) is 3.20. The Labute approximate surface area is 56.1 Å². The third-order valence-electron chi connectivity index (χ3n) is 1.30. The van der Waals surface area contributed by atoms with Crippen molar-refractivity contribution >= 4 is 0 Å². The topological polar surface area (TPSA) is 64.1 Å². The summed E-state index contributed by atoms with van der Waals surface area (Å²) in [6.45, 7) is 4.01. The SMILES string of the molecule is CC/C(N)=C(\CC)NN. The van der Waals surface area contributed by atoms with Gasteiger partial charge in [-0.15, -0.1) is 0 Å². The quantitative estimate of drug-likeness (QED) is 0.382. The Kier molecular flexibility index (Phi) is 3.88. The van der Waals surface area contributed by atoms with Crippen molar-refractivity contribution in [2.24, 2.45) is 11.6 Å². The first-order chi connectivity index (χ1) is 4.26. The summed E-state index contributed by atoms with van der Waals surface area (Å²) < 4.78 is 0. The van der Waals surface area contributed by atoms with E-state index in [1.165, 1.54) is 0 Å². The third kappa shape index (κ3) is 2.37. The molecule has 0 spiro atoms. The molecule has 5 N–H and O–H groups in total. The summed E-state index contributed by atoms with van der Waals surface area (Å²) in [7, 11) is 0. The van der Waals surface area contributed by atoms with Gasteiger partial charge in [0.05, 0.1) is 0 Å². The molecule has 0 unspecified atom stereocenters. The highest BCUT2D eigenvalue weighted by Crippen LogP contribution is 2.00. The molecule has 0 atom stereocenters. The number of hydrogen-bond donors (Lipinski definition) is 3. The fraction of sp³-hybridized carbons (Fsp3) is 0.667. The van der Waals surface area contributed by atoms with Crippen molar-refractivity contribution in [1.29, 1.82) is 0 Å². The Morgan fingerprint density at radius 2 is 1.89 bits per heavy atom. The largest absolute Gasteiger partial charge is 0.401 e. The lowest BCUT2D eigenvalue weighted by atomic mass is 10.2. The Balaban J connectivity index is 4.01. The summed E-state index contributed by atoms with van der Waals surface area (Å²) in [4.78, 5) is 0. The maximum Gasteiger partial charge on any atom is 0.0443 e. The monoisotopic (exact) mass is 129 g/mol. The van der Waals surface area contributed by atoms with Gasteiger partial charge in [-0.1, -0.05) is 13.8 Å². The minimum atomic E-state index is 0.847. The van der Waals surface area contributed by atoms with Gasteiger partial charge in [0.25, 0.3) is 0 Å². The lowest BCUT2D eigenvalue weighted by Crippen LogP contribution is -2.24. The highest BCUT2D eigenvalue weighted by atomic mass is 15.2. The first-order valence-corrected chi connectivity index (χ1v) is 3.20. The van der Waals surface area contributed by atoms with Crippen molar-refractivity contribution in [3.05, 3.63) is 11.4 Å². The van der Waals surface area contributed by atoms with Crippen molar-refractivity contribution in [3.63, 3.8) is 0 Å². The molecule has 0 aliphatic rings. The van der Waals surface area contributed by atoms with Gasteiger partial charge in [0, 0.05) is 11.4 Å². The molecule has 0 saturated heterocycles. The zero-order chi connectivity index (χ0) is 7.28. The fourth-order valence-electron chi connectivity index (χ4n) is 0.635. The van der Waals surface area contributed by atoms with Crippen molar-refractivity contribution in [2.75, 3.05) is 0 Å². The molecule has 3 heteroatoms. The molecular weight excluding hydrogens is 114 g/mol. The van der Waals surface area contributed by atoms with E-state index in [0.717, 1.165) is 24.2 Å². The van der Waals surface area contributed by atoms with Gasteiger partial charge < -0.3 is 11.2 Å². The second-order valence-corrected chi connectivity index (χ2v) is 1.86. The lowest BCUT2D eigenvalue weighted by Gasteiger charge is -2.05. The summed E-state index contributed by atoms with van der Waals surface area (Å²) in [5, 5.41) is 0. The van der Waals surface area contributed by atoms with Crippen LogP contribution in [0, 0.1) is 0 Å². The third-order valence-corrected chi connectivity index (χ3v) is 1.30. The van der Waals surface area contributed by atoms with Crippen LogP contribution in [0.3, 0.4) is 0 Å². The normalized spacial score (nSPS) is 12.8. The van der Waals surface area contributed by atoms with E-state index in [0.29, 0.717) is 0 Å². The Morgan fingerprint density at radius 1 is 1.33 bits per heavy atom. The molecule has 9 heavy (non-hydrogen) atoms. The molecule has 0 radical (unpaired) electrons. The molecule has 0 amide bonds. The molecule has 0 aromatic heterocycles. The predicted molar refractivity (Wildman–Crippen MR) is 39.1 cm³/mol. The van der Waals surface area contributed by atoms with E-state index < -0.39 is 0 Å². The van der Waals surface area contributed by atoms with E-state index >= 15 is 0 Å². The van der Waals surface area contributed by atoms with E-state index in [-0.39, 0.29) is 0 Å². The van der Waals surface area contributed by atoms with E-state index in [1.54, 1.807) is 0 Å². The van der Waals surface area contributed by atoms with E-state index in [4.69, 9.17) is 11.6 Å². The molecule has 0 fully saturated rings. The van der Waals surface area contributed by atoms with Gasteiger partial charge in [-0.3, -0.25) is 5.84 Å². The molecule has 0 aliphatic carbocycles. The summed E-state index contributed by atoms with van der Waals surface area (Å²) >= 11 is 0. The smallest absolute Gasteiger partial charge is 0.0443 e. The van der Waals surface area contributed by atoms with Crippen LogP contribution in [0.25, 0.3) is 0 Å². The number of allylic oxidation sites excluding steroid dienone is 2. The van der Waals surface area contributed by atoms with Crippen LogP contribution in [0.2, 0.25) is 0 Å². The minimum absolute atomic E-state index is 0.847. The van der Waals surface area contributed by atoms with Crippen molar-refractivity contribution in [2.45, 2.75) is 26.7 Å². The van der Waals surface area contributed by atoms with Gasteiger partial charge in [0.2, 0.25) is 0 Å². The molecule has 0 saturated carbocycles. The summed E-state index contributed by atoms with van der Waals surface area (Å²) in [6, 6.07) is 0. The molecule has 0 bridgehead atoms. The highest BCUT2D eigenvalue weighted by Gasteiger charge is 1.94. The Bertz CT molecular complexity index is 101. The summed E-state index contributed by atoms with van der Waals surface area (Å²) in [5.74, 6) is 5.17. The summed E-state index contributed by atoms with van der Waals surface area (Å²) in [5.41, 5.74) is 9.92. The van der Waals surface area contributed by atoms with Crippen molar-refractivity contribution in [3.8, 4) is 0 Å². The zero-order valence-corrected chi connectivity index (χ0v) is 6.07. The van der Waals surface area contributed by atoms with E-state index in [2.05, 4.69) is 5.43 Å². The van der Waals surface area contributed by atoms with E-state index in [9.17, 15) is 0 Å². The van der Waals surface area contributed by atoms with Crippen LogP contribution in [0.1, 0.15) is 26.7 Å². The average molecular weight is 129 g/mol. The molecule has 0 aromatic rings. The molecule has 3 nitrogen and oxygen atoms in total. The van der Waals surface area contributed by atoms with E-state index in [1.807, 2.05) is 13.8 Å². The minimum Gasteiger partial charge on any atom is -0.401 e. The van der Waals surface area contributed by atoms with Crippen molar-refractivity contribution in [1.82, 2.24) is 5.43 Å². The van der Waals surface area contributed by atoms with Gasteiger partial charge in [-0.2, -0.15) is 0 Å². The first kappa shape index (κ1) is 8.30. The highest BCUT2D eigenvalue weighted by molar-refractivity contribution is 5.06. The number of rotatable bonds is 3. The number of hydrogen-bond acceptors (Lipinski definition) is 3. The molecule has 0 aliphatic heterocycles. The van der Waals surface area contributed by atoms with Crippen LogP contribution >= 0.6 is 0 Å². The molecule has 54 valence electrons. The maximum absolute atomic E-state index is 5.58. The fourth-order valence-corrected chi connectivity index (χ4v) is 0.635. The van der Waals surface area contributed by atoms with Crippen LogP contribution in [-0.4, -0.2) is 0 Å². The predicted octanol–water partition coefficient (Wildman–Crippen LogP) is 0.440. The van der Waals surface area contributed by atoms with Gasteiger partial charge in [-0.25, -0.2) is 0 Å². The standard InChI is InChI=1S/C6H15N3/c1-3-5(7)6(4-2)9-8/h9H,3-4,7-8H2,1-2H3/b6-5-. The van der Waals surface area contributed by atoms with Gasteiger partial charge in [0.15, 0.2) is 0 Å². The maximum atomic E-state index is 5.58. The summed E-state index contributed by atoms with van der Waals surface area (Å²) in [6.07, 6.45) is 1.73. The van der Waals surface area contributed by atoms with Gasteiger partial charge in [-0.05, 0) is 12.8 Å². The Hall–Kier alpha value is -0.700. The average Bonchev–Trinajstić information content (AvgIpc) is 1.90. The lowest BCUT2D eigenvalue weighted by molar-refractivity contribution is 0.788. The van der Waals surface area contributed by atoms with Crippen LogP contribution < -0.4 is 17.0 Å². The Morgan fingerprint density at radius 3 is 2.00 bits per heavy atom. The number of nitrogens with one attached hydrogen (secondary N) is 1. The number of hydrazine groups is 1. The van der Waals surface area contributed by atoms with Crippen LogP contribution in [0.4, 0.5) is 0 Å². The second kappa shape index (κ2) is 4.21. The molecule has 0 heterocycles.